The molecule has 0 aliphatic carbocycles. The minimum atomic E-state index is 0.634. The Kier molecular flexibility index (Phi) is 6.98. The summed E-state index contributed by atoms with van der Waals surface area (Å²) in [6.45, 7) is 10.8. The van der Waals surface area contributed by atoms with E-state index in [-0.39, 0.29) is 0 Å². The molecular formula is C21H29NO2. The summed E-state index contributed by atoms with van der Waals surface area (Å²) in [4.78, 5) is 0. The molecular weight excluding hydrogens is 298 g/mol. The Labute approximate surface area is 146 Å². The highest BCUT2D eigenvalue weighted by Crippen LogP contribution is 2.17. The van der Waals surface area contributed by atoms with Gasteiger partial charge in [-0.05, 0) is 73.7 Å². The van der Waals surface area contributed by atoms with E-state index in [2.05, 4.69) is 45.1 Å². The van der Waals surface area contributed by atoms with Crippen molar-refractivity contribution >= 4 is 5.69 Å². The summed E-state index contributed by atoms with van der Waals surface area (Å²) in [7, 11) is 0. The molecule has 0 atom stereocenters. The minimum absolute atomic E-state index is 0.634. The van der Waals surface area contributed by atoms with Crippen LogP contribution in [-0.4, -0.2) is 19.8 Å². The maximum absolute atomic E-state index is 5.78. The van der Waals surface area contributed by atoms with Crippen molar-refractivity contribution < 1.29 is 9.47 Å². The van der Waals surface area contributed by atoms with Crippen LogP contribution in [0, 0.1) is 19.8 Å². The lowest BCUT2D eigenvalue weighted by molar-refractivity contribution is 0.289. The molecule has 0 radical (unpaired) electrons. The number of nitrogens with one attached hydrogen (secondary N) is 1. The van der Waals surface area contributed by atoms with E-state index in [1.165, 1.54) is 11.1 Å². The second kappa shape index (κ2) is 9.21. The normalized spacial score (nSPS) is 10.7. The average molecular weight is 327 g/mol. The maximum Gasteiger partial charge on any atom is 0.119 e. The lowest BCUT2D eigenvalue weighted by Crippen LogP contribution is -2.11. The average Bonchev–Trinajstić information content (AvgIpc) is 2.56. The van der Waals surface area contributed by atoms with Crippen LogP contribution in [0.5, 0.6) is 11.5 Å². The van der Waals surface area contributed by atoms with Gasteiger partial charge in [-0.1, -0.05) is 19.9 Å². The third-order valence-corrected chi connectivity index (χ3v) is 4.00. The molecule has 130 valence electrons. The van der Waals surface area contributed by atoms with Crippen molar-refractivity contribution in [3.8, 4) is 11.5 Å². The molecule has 2 aromatic carbocycles. The van der Waals surface area contributed by atoms with Crippen LogP contribution in [0.15, 0.2) is 42.5 Å². The zero-order valence-electron chi connectivity index (χ0n) is 15.3. The van der Waals surface area contributed by atoms with Gasteiger partial charge in [-0.15, -0.1) is 0 Å². The number of aryl methyl sites for hydroxylation is 2. The van der Waals surface area contributed by atoms with Crippen molar-refractivity contribution in [3.63, 3.8) is 0 Å². The van der Waals surface area contributed by atoms with E-state index in [0.717, 1.165) is 36.8 Å². The lowest BCUT2D eigenvalue weighted by atomic mass is 10.1. The molecule has 0 unspecified atom stereocenters. The summed E-state index contributed by atoms with van der Waals surface area (Å²) in [5, 5.41) is 3.36. The van der Waals surface area contributed by atoms with Crippen molar-refractivity contribution in [2.24, 2.45) is 5.92 Å². The third kappa shape index (κ3) is 6.15. The van der Waals surface area contributed by atoms with E-state index in [4.69, 9.17) is 9.47 Å². The Hall–Kier alpha value is -2.16. The van der Waals surface area contributed by atoms with Crippen LogP contribution in [0.25, 0.3) is 0 Å². The van der Waals surface area contributed by atoms with Gasteiger partial charge in [-0.25, -0.2) is 0 Å². The number of anilines is 1. The first kappa shape index (κ1) is 18.2. The molecule has 0 heterocycles. The molecule has 1 N–H and O–H groups in total. The first-order chi connectivity index (χ1) is 11.5. The second-order valence-corrected chi connectivity index (χ2v) is 6.58. The van der Waals surface area contributed by atoms with Crippen molar-refractivity contribution in [3.05, 3.63) is 53.6 Å². The van der Waals surface area contributed by atoms with Gasteiger partial charge in [0, 0.05) is 12.2 Å². The van der Waals surface area contributed by atoms with Crippen molar-refractivity contribution in [1.82, 2.24) is 0 Å². The number of ether oxygens (including phenoxy) is 2. The predicted molar refractivity (Wildman–Crippen MR) is 101 cm³/mol. The summed E-state index contributed by atoms with van der Waals surface area (Å²) >= 11 is 0. The van der Waals surface area contributed by atoms with Crippen molar-refractivity contribution in [2.45, 2.75) is 34.1 Å². The zero-order valence-corrected chi connectivity index (χ0v) is 15.3. The van der Waals surface area contributed by atoms with E-state index >= 15 is 0 Å². The summed E-state index contributed by atoms with van der Waals surface area (Å²) in [5.74, 6) is 2.52. The van der Waals surface area contributed by atoms with E-state index in [1.54, 1.807) is 0 Å². The van der Waals surface area contributed by atoms with E-state index in [9.17, 15) is 0 Å². The van der Waals surface area contributed by atoms with Gasteiger partial charge in [0.15, 0.2) is 0 Å². The number of benzene rings is 2. The minimum Gasteiger partial charge on any atom is -0.494 e. The van der Waals surface area contributed by atoms with Crippen LogP contribution >= 0.6 is 0 Å². The number of hydrogen-bond acceptors (Lipinski definition) is 3. The third-order valence-electron chi connectivity index (χ3n) is 4.00. The van der Waals surface area contributed by atoms with Crippen molar-refractivity contribution in [1.29, 1.82) is 0 Å². The van der Waals surface area contributed by atoms with Crippen LogP contribution in [0.2, 0.25) is 0 Å². The zero-order chi connectivity index (χ0) is 17.4. The highest BCUT2D eigenvalue weighted by Gasteiger charge is 1.99. The Bertz CT molecular complexity index is 620. The molecule has 0 saturated heterocycles. The fourth-order valence-corrected chi connectivity index (χ4v) is 2.25. The molecule has 0 saturated carbocycles. The smallest absolute Gasteiger partial charge is 0.119 e. The van der Waals surface area contributed by atoms with Crippen LogP contribution in [0.4, 0.5) is 5.69 Å². The standard InChI is InChI=1S/C21H29NO2/c1-16(2)11-13-23-20-9-6-19(7-10-20)22-12-14-24-21-8-5-17(3)18(4)15-21/h5-10,15-16,22H,11-14H2,1-4H3. The molecule has 3 heteroatoms. The largest absolute Gasteiger partial charge is 0.494 e. The molecule has 2 aromatic rings. The molecule has 0 fully saturated rings. The summed E-state index contributed by atoms with van der Waals surface area (Å²) < 4.78 is 11.5. The Morgan fingerprint density at radius 2 is 1.50 bits per heavy atom. The molecule has 2 rings (SSSR count). The summed E-state index contributed by atoms with van der Waals surface area (Å²) in [5.41, 5.74) is 3.62. The van der Waals surface area contributed by atoms with Gasteiger partial charge in [0.05, 0.1) is 6.61 Å². The van der Waals surface area contributed by atoms with Gasteiger partial charge in [0.2, 0.25) is 0 Å². The number of rotatable bonds is 9. The second-order valence-electron chi connectivity index (χ2n) is 6.58. The van der Waals surface area contributed by atoms with E-state index in [0.29, 0.717) is 12.5 Å². The topological polar surface area (TPSA) is 30.5 Å². The monoisotopic (exact) mass is 327 g/mol. The first-order valence-corrected chi connectivity index (χ1v) is 8.71. The fourth-order valence-electron chi connectivity index (χ4n) is 2.25. The van der Waals surface area contributed by atoms with Gasteiger partial charge in [-0.2, -0.15) is 0 Å². The SMILES string of the molecule is Cc1ccc(OCCNc2ccc(OCCC(C)C)cc2)cc1C. The van der Waals surface area contributed by atoms with Crippen LogP contribution < -0.4 is 14.8 Å². The fraction of sp³-hybridized carbons (Fsp3) is 0.429. The Balaban J connectivity index is 1.69. The molecule has 0 aliphatic heterocycles. The van der Waals surface area contributed by atoms with E-state index < -0.39 is 0 Å². The van der Waals surface area contributed by atoms with Gasteiger partial charge in [-0.3, -0.25) is 0 Å². The summed E-state index contributed by atoms with van der Waals surface area (Å²) in [6.07, 6.45) is 1.08. The van der Waals surface area contributed by atoms with Crippen molar-refractivity contribution in [2.75, 3.05) is 25.1 Å². The Morgan fingerprint density at radius 3 is 2.17 bits per heavy atom. The lowest BCUT2D eigenvalue weighted by Gasteiger charge is -2.11. The van der Waals surface area contributed by atoms with E-state index in [1.807, 2.05) is 30.3 Å². The van der Waals surface area contributed by atoms with Gasteiger partial charge >= 0.3 is 0 Å². The molecule has 0 spiro atoms. The molecule has 0 bridgehead atoms. The summed E-state index contributed by atoms with van der Waals surface area (Å²) in [6, 6.07) is 14.3. The molecule has 0 aliphatic rings. The number of hydrogen-bond donors (Lipinski definition) is 1. The molecule has 3 nitrogen and oxygen atoms in total. The maximum atomic E-state index is 5.78. The van der Waals surface area contributed by atoms with Gasteiger partial charge < -0.3 is 14.8 Å². The highest BCUT2D eigenvalue weighted by atomic mass is 16.5. The van der Waals surface area contributed by atoms with Gasteiger partial charge in [0.25, 0.3) is 0 Å². The predicted octanol–water partition coefficient (Wildman–Crippen LogP) is 5.22. The van der Waals surface area contributed by atoms with Gasteiger partial charge in [0.1, 0.15) is 18.1 Å². The Morgan fingerprint density at radius 1 is 0.833 bits per heavy atom. The molecule has 24 heavy (non-hydrogen) atoms. The molecule has 0 amide bonds. The molecule has 0 aromatic heterocycles. The highest BCUT2D eigenvalue weighted by molar-refractivity contribution is 5.46. The quantitative estimate of drug-likeness (QED) is 0.641. The van der Waals surface area contributed by atoms with Crippen LogP contribution in [0.1, 0.15) is 31.4 Å². The van der Waals surface area contributed by atoms with Crippen LogP contribution in [-0.2, 0) is 0 Å². The van der Waals surface area contributed by atoms with Crippen LogP contribution in [0.3, 0.4) is 0 Å². The first-order valence-electron chi connectivity index (χ1n) is 8.71.